The Bertz CT molecular complexity index is 528. The molecule has 0 spiro atoms. The molecule has 0 aliphatic carbocycles. The number of phenolic OH excluding ortho intramolecular Hbond substituents is 1. The molecule has 94 valence electrons. The molecule has 1 aromatic heterocycles. The van der Waals surface area contributed by atoms with Crippen LogP contribution in [0.25, 0.3) is 0 Å². The second-order valence-corrected chi connectivity index (χ2v) is 4.13. The van der Waals surface area contributed by atoms with E-state index in [4.69, 9.17) is 5.84 Å². The fourth-order valence-electron chi connectivity index (χ4n) is 1.61. The molecule has 18 heavy (non-hydrogen) atoms. The van der Waals surface area contributed by atoms with Crippen LogP contribution in [0, 0.1) is 0 Å². The minimum Gasteiger partial charge on any atom is -0.506 e. The molecule has 0 saturated heterocycles. The van der Waals surface area contributed by atoms with E-state index in [2.05, 4.69) is 4.98 Å². The van der Waals surface area contributed by atoms with Gasteiger partial charge in [0.25, 0.3) is 0 Å². The normalized spacial score (nSPS) is 10.2. The van der Waals surface area contributed by atoms with Crippen LogP contribution in [0.1, 0.15) is 0 Å². The molecule has 0 atom stereocenters. The van der Waals surface area contributed by atoms with Crippen molar-refractivity contribution in [3.8, 4) is 5.75 Å². The van der Waals surface area contributed by atoms with Crippen molar-refractivity contribution in [2.24, 2.45) is 5.84 Å². The molecule has 2 rings (SSSR count). The van der Waals surface area contributed by atoms with Gasteiger partial charge < -0.3 is 10.0 Å². The smallest absolute Gasteiger partial charge is 0.147 e. The van der Waals surface area contributed by atoms with Crippen molar-refractivity contribution in [1.29, 1.82) is 0 Å². The summed E-state index contributed by atoms with van der Waals surface area (Å²) in [5.41, 5.74) is 1.42. The summed E-state index contributed by atoms with van der Waals surface area (Å²) < 4.78 is 0. The summed E-state index contributed by atoms with van der Waals surface area (Å²) >= 11 is 0. The number of rotatable bonds is 3. The van der Waals surface area contributed by atoms with E-state index in [9.17, 15) is 5.11 Å². The molecule has 0 aliphatic rings. The molecule has 0 bridgehead atoms. The molecule has 1 aromatic carbocycles. The van der Waals surface area contributed by atoms with E-state index < -0.39 is 0 Å². The third-order valence-electron chi connectivity index (χ3n) is 2.63. The second-order valence-electron chi connectivity index (χ2n) is 4.13. The number of aromatic nitrogens is 1. The number of benzene rings is 1. The molecule has 0 amide bonds. The van der Waals surface area contributed by atoms with Gasteiger partial charge in [0.2, 0.25) is 0 Å². The van der Waals surface area contributed by atoms with Gasteiger partial charge in [-0.15, -0.1) is 0 Å². The lowest BCUT2D eigenvalue weighted by Gasteiger charge is -2.20. The van der Waals surface area contributed by atoms with Crippen LogP contribution in [0.4, 0.5) is 17.2 Å². The summed E-state index contributed by atoms with van der Waals surface area (Å²) in [5, 5.41) is 11.4. The average Bonchev–Trinajstić information content (AvgIpc) is 2.38. The molecule has 5 nitrogen and oxygen atoms in total. The zero-order valence-electron chi connectivity index (χ0n) is 10.4. The first-order chi connectivity index (χ1) is 8.59. The Morgan fingerprint density at radius 3 is 2.50 bits per heavy atom. The van der Waals surface area contributed by atoms with Gasteiger partial charge in [-0.1, -0.05) is 6.07 Å². The van der Waals surface area contributed by atoms with Gasteiger partial charge in [-0.25, -0.2) is 10.8 Å². The zero-order chi connectivity index (χ0) is 13.1. The molecule has 3 N–H and O–H groups in total. The summed E-state index contributed by atoms with van der Waals surface area (Å²) in [6.07, 6.45) is 1.65. The van der Waals surface area contributed by atoms with Crippen molar-refractivity contribution in [1.82, 2.24) is 4.98 Å². The van der Waals surface area contributed by atoms with Crippen LogP contribution < -0.4 is 15.8 Å². The Kier molecular flexibility index (Phi) is 3.34. The van der Waals surface area contributed by atoms with Gasteiger partial charge in [0.1, 0.15) is 17.3 Å². The summed E-state index contributed by atoms with van der Waals surface area (Å²) in [6.45, 7) is 0. The molecule has 0 saturated carbocycles. The minimum absolute atomic E-state index is 0.120. The van der Waals surface area contributed by atoms with E-state index in [-0.39, 0.29) is 5.75 Å². The first-order valence-corrected chi connectivity index (χ1v) is 5.56. The minimum atomic E-state index is 0.120. The highest BCUT2D eigenvalue weighted by molar-refractivity contribution is 5.69. The van der Waals surface area contributed by atoms with Crippen LogP contribution in [0.5, 0.6) is 5.75 Å². The highest BCUT2D eigenvalue weighted by Crippen LogP contribution is 2.32. The number of hydrazine groups is 1. The number of anilines is 3. The first-order valence-electron chi connectivity index (χ1n) is 5.56. The van der Waals surface area contributed by atoms with Crippen molar-refractivity contribution >= 4 is 17.2 Å². The van der Waals surface area contributed by atoms with E-state index in [0.29, 0.717) is 11.5 Å². The Balaban J connectivity index is 2.34. The Morgan fingerprint density at radius 1 is 1.17 bits per heavy atom. The number of phenols is 1. The maximum atomic E-state index is 10.00. The molecule has 0 unspecified atom stereocenters. The van der Waals surface area contributed by atoms with Crippen LogP contribution in [0.15, 0.2) is 42.6 Å². The van der Waals surface area contributed by atoms with Crippen LogP contribution in [0.2, 0.25) is 0 Å². The Morgan fingerprint density at radius 2 is 1.94 bits per heavy atom. The van der Waals surface area contributed by atoms with Gasteiger partial charge in [-0.2, -0.15) is 0 Å². The largest absolute Gasteiger partial charge is 0.506 e. The van der Waals surface area contributed by atoms with Gasteiger partial charge in [-0.3, -0.25) is 5.01 Å². The molecular weight excluding hydrogens is 228 g/mol. The predicted octanol–water partition coefficient (Wildman–Crippen LogP) is 1.86. The summed E-state index contributed by atoms with van der Waals surface area (Å²) in [5.74, 6) is 6.63. The standard InChI is InChI=1S/C13H16N4O/c1-16(2)10-6-7-11(12(18)9-10)17(14)13-5-3-4-8-15-13/h3-9,18H,14H2,1-2H3. The number of aromatic hydroxyl groups is 1. The molecule has 0 fully saturated rings. The monoisotopic (exact) mass is 244 g/mol. The van der Waals surface area contributed by atoms with Gasteiger partial charge in [0.05, 0.1) is 0 Å². The van der Waals surface area contributed by atoms with Crippen LogP contribution in [-0.4, -0.2) is 24.2 Å². The lowest BCUT2D eigenvalue weighted by atomic mass is 10.2. The van der Waals surface area contributed by atoms with E-state index in [0.717, 1.165) is 5.69 Å². The van der Waals surface area contributed by atoms with Gasteiger partial charge >= 0.3 is 0 Å². The number of nitrogens with zero attached hydrogens (tertiary/aromatic N) is 3. The highest BCUT2D eigenvalue weighted by Gasteiger charge is 2.11. The van der Waals surface area contributed by atoms with E-state index >= 15 is 0 Å². The third-order valence-corrected chi connectivity index (χ3v) is 2.63. The van der Waals surface area contributed by atoms with Crippen molar-refractivity contribution in [2.75, 3.05) is 24.0 Å². The number of pyridine rings is 1. The molecule has 2 aromatic rings. The summed E-state index contributed by atoms with van der Waals surface area (Å²) in [6, 6.07) is 10.7. The molecular formula is C13H16N4O. The van der Waals surface area contributed by atoms with Gasteiger partial charge in [0.15, 0.2) is 0 Å². The lowest BCUT2D eigenvalue weighted by molar-refractivity contribution is 0.475. The van der Waals surface area contributed by atoms with Crippen molar-refractivity contribution in [2.45, 2.75) is 0 Å². The quantitative estimate of drug-likeness (QED) is 0.637. The Labute approximate surface area is 106 Å². The number of nitrogens with two attached hydrogens (primary N) is 1. The van der Waals surface area contributed by atoms with E-state index in [1.807, 2.05) is 37.2 Å². The van der Waals surface area contributed by atoms with Crippen LogP contribution in [0.3, 0.4) is 0 Å². The highest BCUT2D eigenvalue weighted by atomic mass is 16.3. The predicted molar refractivity (Wildman–Crippen MR) is 73.0 cm³/mol. The molecule has 5 heteroatoms. The SMILES string of the molecule is CN(C)c1ccc(N(N)c2ccccn2)c(O)c1. The number of hydrogen-bond acceptors (Lipinski definition) is 5. The number of hydrogen-bond donors (Lipinski definition) is 2. The molecule has 0 aliphatic heterocycles. The lowest BCUT2D eigenvalue weighted by Crippen LogP contribution is -2.26. The van der Waals surface area contributed by atoms with E-state index in [1.165, 1.54) is 5.01 Å². The fourth-order valence-corrected chi connectivity index (χ4v) is 1.61. The third kappa shape index (κ3) is 2.36. The average molecular weight is 244 g/mol. The summed E-state index contributed by atoms with van der Waals surface area (Å²) in [4.78, 5) is 6.04. The maximum absolute atomic E-state index is 10.00. The van der Waals surface area contributed by atoms with Crippen molar-refractivity contribution in [3.05, 3.63) is 42.6 Å². The topological polar surface area (TPSA) is 65.6 Å². The van der Waals surface area contributed by atoms with Crippen LogP contribution >= 0.6 is 0 Å². The van der Waals surface area contributed by atoms with E-state index in [1.54, 1.807) is 24.4 Å². The van der Waals surface area contributed by atoms with Gasteiger partial charge in [-0.05, 0) is 24.3 Å². The second kappa shape index (κ2) is 4.93. The Hall–Kier alpha value is -2.27. The van der Waals surface area contributed by atoms with Crippen LogP contribution in [-0.2, 0) is 0 Å². The fraction of sp³-hybridized carbons (Fsp3) is 0.154. The van der Waals surface area contributed by atoms with Crippen molar-refractivity contribution < 1.29 is 5.11 Å². The van der Waals surface area contributed by atoms with Gasteiger partial charge in [0, 0.05) is 32.0 Å². The van der Waals surface area contributed by atoms with Crippen molar-refractivity contribution in [3.63, 3.8) is 0 Å². The summed E-state index contributed by atoms with van der Waals surface area (Å²) in [7, 11) is 3.82. The maximum Gasteiger partial charge on any atom is 0.147 e. The zero-order valence-corrected chi connectivity index (χ0v) is 10.4. The molecule has 0 radical (unpaired) electrons. The molecule has 1 heterocycles. The first kappa shape index (κ1) is 12.2.